The average molecular weight is 482 g/mol. The van der Waals surface area contributed by atoms with E-state index in [4.69, 9.17) is 5.73 Å². The third kappa shape index (κ3) is 4.20. The highest BCUT2D eigenvalue weighted by Crippen LogP contribution is 2.25. The van der Waals surface area contributed by atoms with E-state index in [2.05, 4.69) is 33.9 Å². The van der Waals surface area contributed by atoms with Crippen molar-refractivity contribution in [2.75, 3.05) is 18.4 Å². The summed E-state index contributed by atoms with van der Waals surface area (Å²) in [5, 5.41) is 5.19. The van der Waals surface area contributed by atoms with Crippen molar-refractivity contribution in [1.82, 2.24) is 4.90 Å². The lowest BCUT2D eigenvalue weighted by Crippen LogP contribution is -2.37. The second-order valence-corrected chi connectivity index (χ2v) is 7.60. The molecule has 1 aliphatic heterocycles. The molecule has 0 bridgehead atoms. The van der Waals surface area contributed by atoms with E-state index in [1.807, 2.05) is 11.0 Å². The van der Waals surface area contributed by atoms with Crippen molar-refractivity contribution in [3.05, 3.63) is 51.2 Å². The second kappa shape index (κ2) is 8.39. The van der Waals surface area contributed by atoms with Crippen LogP contribution in [0.4, 0.5) is 5.69 Å². The van der Waals surface area contributed by atoms with Gasteiger partial charge in [0.15, 0.2) is 5.96 Å². The number of rotatable bonds is 3. The number of hydrogen-bond acceptors (Lipinski definition) is 3. The highest BCUT2D eigenvalue weighted by molar-refractivity contribution is 14.0. The molecule has 5 nitrogen and oxygen atoms in total. The van der Waals surface area contributed by atoms with Gasteiger partial charge in [0.1, 0.15) is 6.54 Å². The Morgan fingerprint density at radius 2 is 2.04 bits per heavy atom. The van der Waals surface area contributed by atoms with Crippen molar-refractivity contribution in [2.45, 2.75) is 32.2 Å². The number of fused-ring (bicyclic) bond motifs is 2. The van der Waals surface area contributed by atoms with Crippen molar-refractivity contribution in [3.63, 3.8) is 0 Å². The van der Waals surface area contributed by atoms with Gasteiger partial charge in [0.2, 0.25) is 5.91 Å². The van der Waals surface area contributed by atoms with Crippen LogP contribution in [0.5, 0.6) is 0 Å². The summed E-state index contributed by atoms with van der Waals surface area (Å²) in [6.07, 6.45) is 4.44. The van der Waals surface area contributed by atoms with Crippen LogP contribution in [-0.4, -0.2) is 29.9 Å². The minimum atomic E-state index is 0. The van der Waals surface area contributed by atoms with E-state index < -0.39 is 0 Å². The normalized spacial score (nSPS) is 15.8. The minimum Gasteiger partial charge on any atom is -0.370 e. The lowest BCUT2D eigenvalue weighted by atomic mass is 10.1. The van der Waals surface area contributed by atoms with Crippen LogP contribution in [0.25, 0.3) is 0 Å². The van der Waals surface area contributed by atoms with Gasteiger partial charge in [-0.2, -0.15) is 0 Å². The Balaban J connectivity index is 0.00000196. The van der Waals surface area contributed by atoms with Crippen LogP contribution in [0, 0.1) is 0 Å². The molecule has 0 saturated carbocycles. The van der Waals surface area contributed by atoms with Crippen LogP contribution in [0.2, 0.25) is 0 Å². The first kappa shape index (κ1) is 19.2. The van der Waals surface area contributed by atoms with E-state index >= 15 is 0 Å². The number of amides is 1. The van der Waals surface area contributed by atoms with Gasteiger partial charge in [0.05, 0.1) is 0 Å². The molecule has 26 heavy (non-hydrogen) atoms. The first-order valence-corrected chi connectivity index (χ1v) is 9.59. The summed E-state index contributed by atoms with van der Waals surface area (Å²) in [6, 6.07) is 8.41. The molecule has 2 aliphatic rings. The van der Waals surface area contributed by atoms with E-state index in [1.54, 1.807) is 11.3 Å². The van der Waals surface area contributed by atoms with Crippen molar-refractivity contribution >= 4 is 52.9 Å². The van der Waals surface area contributed by atoms with Crippen LogP contribution in [0.1, 0.15) is 28.0 Å². The number of carbonyl (C=O) groups is 1. The van der Waals surface area contributed by atoms with Crippen LogP contribution in [0.15, 0.2) is 34.6 Å². The monoisotopic (exact) mass is 482 g/mol. The molecule has 1 aromatic carbocycles. The Labute approximate surface area is 174 Å². The van der Waals surface area contributed by atoms with Gasteiger partial charge in [-0.3, -0.25) is 4.79 Å². The highest BCUT2D eigenvalue weighted by Gasteiger charge is 2.21. The van der Waals surface area contributed by atoms with Gasteiger partial charge in [-0.05, 0) is 66.0 Å². The molecule has 0 unspecified atom stereocenters. The molecule has 3 N–H and O–H groups in total. The molecule has 138 valence electrons. The Bertz CT molecular complexity index is 833. The number of anilines is 1. The topological polar surface area (TPSA) is 70.7 Å². The van der Waals surface area contributed by atoms with Gasteiger partial charge >= 0.3 is 0 Å². The van der Waals surface area contributed by atoms with Gasteiger partial charge in [-0.1, -0.05) is 6.07 Å². The first-order valence-electron chi connectivity index (χ1n) is 8.71. The Hall–Kier alpha value is -1.61. The van der Waals surface area contributed by atoms with E-state index in [0.29, 0.717) is 12.5 Å². The summed E-state index contributed by atoms with van der Waals surface area (Å²) in [7, 11) is 0. The molecule has 0 radical (unpaired) electrons. The van der Waals surface area contributed by atoms with Gasteiger partial charge in [-0.15, -0.1) is 35.3 Å². The number of thiophene rings is 1. The predicted octanol–water partition coefficient (Wildman–Crippen LogP) is 3.17. The molecule has 0 atom stereocenters. The maximum absolute atomic E-state index is 12.4. The smallest absolute Gasteiger partial charge is 0.244 e. The van der Waals surface area contributed by atoms with Gasteiger partial charge in [-0.25, -0.2) is 4.99 Å². The maximum Gasteiger partial charge on any atom is 0.244 e. The summed E-state index contributed by atoms with van der Waals surface area (Å²) in [5.74, 6) is 0.315. The molecule has 4 rings (SSSR count). The molecule has 1 aromatic heterocycles. The molecule has 2 aromatic rings. The summed E-state index contributed by atoms with van der Waals surface area (Å²) >= 11 is 1.77. The summed E-state index contributed by atoms with van der Waals surface area (Å²) in [4.78, 5) is 19.9. The van der Waals surface area contributed by atoms with Gasteiger partial charge in [0.25, 0.3) is 0 Å². The lowest BCUT2D eigenvalue weighted by molar-refractivity contribution is -0.130. The van der Waals surface area contributed by atoms with E-state index in [1.165, 1.54) is 28.0 Å². The quantitative estimate of drug-likeness (QED) is 0.401. The fourth-order valence-electron chi connectivity index (χ4n) is 3.55. The molecular weight excluding hydrogens is 459 g/mol. The second-order valence-electron chi connectivity index (χ2n) is 6.60. The number of halogens is 1. The number of nitrogens with zero attached hydrogens (tertiary/aromatic N) is 2. The third-order valence-electron chi connectivity index (χ3n) is 4.92. The largest absolute Gasteiger partial charge is 0.370 e. The van der Waals surface area contributed by atoms with E-state index in [0.717, 1.165) is 31.5 Å². The summed E-state index contributed by atoms with van der Waals surface area (Å²) in [5.41, 5.74) is 11.0. The molecule has 2 heterocycles. The standard InChI is InChI=1S/C19H22N4OS.HI/c20-19(22-16-5-4-13-2-1-3-14(13)10-16)21-11-18(24)23-8-6-17-15(12-23)7-9-25-17;/h4-5,7,9-10H,1-3,6,8,11-12H2,(H3,20,21,22);1H. The third-order valence-corrected chi connectivity index (χ3v) is 5.94. The van der Waals surface area contributed by atoms with Crippen LogP contribution in [0.3, 0.4) is 0 Å². The Kier molecular flexibility index (Phi) is 6.18. The minimum absolute atomic E-state index is 0. The molecule has 0 spiro atoms. The van der Waals surface area contributed by atoms with Crippen LogP contribution < -0.4 is 11.1 Å². The fraction of sp³-hybridized carbons (Fsp3) is 0.368. The molecule has 7 heteroatoms. The molecule has 0 saturated heterocycles. The number of aliphatic imine (C=N–C) groups is 1. The van der Waals surface area contributed by atoms with Gasteiger partial charge < -0.3 is 16.0 Å². The van der Waals surface area contributed by atoms with E-state index in [9.17, 15) is 4.79 Å². The SMILES string of the molecule is I.NC(=NCC(=O)N1CCc2sccc2C1)Nc1ccc2c(c1)CCC2. The Morgan fingerprint density at radius 3 is 2.92 bits per heavy atom. The molecule has 1 amide bonds. The number of hydrogen-bond donors (Lipinski definition) is 2. The number of carbonyl (C=O) groups excluding carboxylic acids is 1. The van der Waals surface area contributed by atoms with Crippen molar-refractivity contribution in [1.29, 1.82) is 0 Å². The fourth-order valence-corrected chi connectivity index (χ4v) is 4.44. The molecule has 0 fully saturated rings. The molecule has 1 aliphatic carbocycles. The van der Waals surface area contributed by atoms with E-state index in [-0.39, 0.29) is 36.4 Å². The molecular formula is C19H23IN4OS. The van der Waals surface area contributed by atoms with Gasteiger partial charge in [0, 0.05) is 23.7 Å². The predicted molar refractivity (Wildman–Crippen MR) is 117 cm³/mol. The summed E-state index contributed by atoms with van der Waals surface area (Å²) < 4.78 is 0. The number of aryl methyl sites for hydroxylation is 2. The van der Waals surface area contributed by atoms with Crippen molar-refractivity contribution < 1.29 is 4.79 Å². The van der Waals surface area contributed by atoms with Crippen molar-refractivity contribution in [3.8, 4) is 0 Å². The van der Waals surface area contributed by atoms with Crippen molar-refractivity contribution in [2.24, 2.45) is 10.7 Å². The highest BCUT2D eigenvalue weighted by atomic mass is 127. The van der Waals surface area contributed by atoms with Crippen LogP contribution >= 0.6 is 35.3 Å². The lowest BCUT2D eigenvalue weighted by Gasteiger charge is -2.26. The van der Waals surface area contributed by atoms with Crippen LogP contribution in [-0.2, 0) is 30.6 Å². The average Bonchev–Trinajstić information content (AvgIpc) is 3.27. The first-order chi connectivity index (χ1) is 12.2. The number of benzene rings is 1. The number of nitrogens with one attached hydrogen (secondary N) is 1. The zero-order valence-corrected chi connectivity index (χ0v) is 17.7. The number of nitrogens with two attached hydrogens (primary N) is 1. The summed E-state index contributed by atoms with van der Waals surface area (Å²) in [6.45, 7) is 1.54. The number of guanidine groups is 1. The maximum atomic E-state index is 12.4. The zero-order chi connectivity index (χ0) is 17.2. The Morgan fingerprint density at radius 1 is 1.19 bits per heavy atom. The zero-order valence-electron chi connectivity index (χ0n) is 14.5.